The lowest BCUT2D eigenvalue weighted by Gasteiger charge is -2.02. The predicted molar refractivity (Wildman–Crippen MR) is 89.7 cm³/mol. The number of benzene rings is 1. The largest absolute Gasteiger partial charge is 0.383 e. The van der Waals surface area contributed by atoms with E-state index >= 15 is 0 Å². The van der Waals surface area contributed by atoms with E-state index in [1.54, 1.807) is 7.11 Å². The van der Waals surface area contributed by atoms with Crippen LogP contribution in [0.3, 0.4) is 0 Å². The van der Waals surface area contributed by atoms with Gasteiger partial charge in [0, 0.05) is 31.6 Å². The highest BCUT2D eigenvalue weighted by atomic mass is 16.5. The molecule has 1 aromatic carbocycles. The molecule has 0 aliphatic carbocycles. The van der Waals surface area contributed by atoms with Crippen LogP contribution in [0.4, 0.5) is 5.69 Å². The molecule has 0 radical (unpaired) electrons. The van der Waals surface area contributed by atoms with Gasteiger partial charge in [-0.25, -0.2) is 4.68 Å². The smallest absolute Gasteiger partial charge is 0.0729 e. The number of ether oxygens (including phenoxy) is 1. The van der Waals surface area contributed by atoms with E-state index in [9.17, 15) is 0 Å². The number of para-hydroxylation sites is 1. The van der Waals surface area contributed by atoms with E-state index in [1.807, 2.05) is 59.0 Å². The van der Waals surface area contributed by atoms with E-state index < -0.39 is 0 Å². The van der Waals surface area contributed by atoms with Gasteiger partial charge in [0.15, 0.2) is 0 Å². The number of aryl methyl sites for hydroxylation is 1. The first-order valence-corrected chi connectivity index (χ1v) is 7.62. The molecule has 3 rings (SSSR count). The average molecular weight is 311 g/mol. The maximum absolute atomic E-state index is 5.05. The van der Waals surface area contributed by atoms with Gasteiger partial charge in [0.05, 0.1) is 36.4 Å². The Balaban J connectivity index is 1.64. The fourth-order valence-corrected chi connectivity index (χ4v) is 2.34. The monoisotopic (exact) mass is 311 g/mol. The predicted octanol–water partition coefficient (Wildman–Crippen LogP) is 2.64. The van der Waals surface area contributed by atoms with Crippen LogP contribution in [0.25, 0.3) is 5.69 Å². The van der Waals surface area contributed by atoms with Crippen molar-refractivity contribution in [2.75, 3.05) is 19.0 Å². The van der Waals surface area contributed by atoms with Gasteiger partial charge in [-0.05, 0) is 19.1 Å². The summed E-state index contributed by atoms with van der Waals surface area (Å²) in [6.07, 6.45) is 5.87. The van der Waals surface area contributed by atoms with Gasteiger partial charge < -0.3 is 10.1 Å². The summed E-state index contributed by atoms with van der Waals surface area (Å²) in [6.45, 7) is 4.15. The first-order chi connectivity index (χ1) is 11.3. The third-order valence-electron chi connectivity index (χ3n) is 3.66. The Morgan fingerprint density at radius 2 is 2.00 bits per heavy atom. The van der Waals surface area contributed by atoms with Gasteiger partial charge in [-0.2, -0.15) is 10.2 Å². The number of hydrogen-bond acceptors (Lipinski definition) is 4. The number of hydrogen-bond donors (Lipinski definition) is 1. The number of rotatable bonds is 7. The molecule has 3 aromatic rings. The Hall–Kier alpha value is -2.60. The Morgan fingerprint density at radius 3 is 2.78 bits per heavy atom. The standard InChI is InChI=1S/C17H21N5O/c1-14-15(12-22(20-14)17-6-4-3-5-7-17)10-18-16-11-19-21(13-16)8-9-23-2/h3-7,11-13,18H,8-10H2,1-2H3. The molecule has 6 nitrogen and oxygen atoms in total. The Morgan fingerprint density at radius 1 is 1.17 bits per heavy atom. The number of anilines is 1. The van der Waals surface area contributed by atoms with Crippen molar-refractivity contribution in [3.05, 3.63) is 60.2 Å². The van der Waals surface area contributed by atoms with Gasteiger partial charge in [-0.15, -0.1) is 0 Å². The summed E-state index contributed by atoms with van der Waals surface area (Å²) >= 11 is 0. The van der Waals surface area contributed by atoms with Crippen LogP contribution >= 0.6 is 0 Å². The molecule has 0 saturated heterocycles. The highest BCUT2D eigenvalue weighted by molar-refractivity contribution is 5.40. The summed E-state index contributed by atoms with van der Waals surface area (Å²) in [5.74, 6) is 0. The van der Waals surface area contributed by atoms with Crippen LogP contribution in [0.5, 0.6) is 0 Å². The fourth-order valence-electron chi connectivity index (χ4n) is 2.34. The molecule has 0 aliphatic heterocycles. The molecular formula is C17H21N5O. The molecule has 0 amide bonds. The lowest BCUT2D eigenvalue weighted by atomic mass is 10.2. The van der Waals surface area contributed by atoms with Gasteiger partial charge in [-0.1, -0.05) is 18.2 Å². The minimum atomic E-state index is 0.657. The average Bonchev–Trinajstić information content (AvgIpc) is 3.18. The van der Waals surface area contributed by atoms with Crippen LogP contribution in [0.1, 0.15) is 11.3 Å². The second kappa shape index (κ2) is 7.11. The molecule has 0 atom stereocenters. The van der Waals surface area contributed by atoms with Crippen LogP contribution in [0.15, 0.2) is 48.9 Å². The van der Waals surface area contributed by atoms with Crippen molar-refractivity contribution in [3.8, 4) is 5.69 Å². The van der Waals surface area contributed by atoms with Gasteiger partial charge in [-0.3, -0.25) is 4.68 Å². The Labute approximate surface area is 135 Å². The molecule has 120 valence electrons. The summed E-state index contributed by atoms with van der Waals surface area (Å²) in [7, 11) is 1.69. The second-order valence-electron chi connectivity index (χ2n) is 5.36. The van der Waals surface area contributed by atoms with Gasteiger partial charge in [0.25, 0.3) is 0 Å². The summed E-state index contributed by atoms with van der Waals surface area (Å²) in [5, 5.41) is 12.3. The van der Waals surface area contributed by atoms with Crippen LogP contribution < -0.4 is 5.32 Å². The van der Waals surface area contributed by atoms with Crippen LogP contribution in [0, 0.1) is 6.92 Å². The summed E-state index contributed by atoms with van der Waals surface area (Å²) in [4.78, 5) is 0. The van der Waals surface area contributed by atoms with Crippen molar-refractivity contribution in [2.24, 2.45) is 0 Å². The van der Waals surface area contributed by atoms with E-state index in [4.69, 9.17) is 4.74 Å². The summed E-state index contributed by atoms with van der Waals surface area (Å²) in [6, 6.07) is 10.1. The van der Waals surface area contributed by atoms with E-state index in [-0.39, 0.29) is 0 Å². The zero-order chi connectivity index (χ0) is 16.1. The van der Waals surface area contributed by atoms with Crippen molar-refractivity contribution in [3.63, 3.8) is 0 Å². The maximum atomic E-state index is 5.05. The van der Waals surface area contributed by atoms with E-state index in [0.29, 0.717) is 13.2 Å². The minimum absolute atomic E-state index is 0.657. The summed E-state index contributed by atoms with van der Waals surface area (Å²) in [5.41, 5.74) is 4.24. The van der Waals surface area contributed by atoms with Crippen molar-refractivity contribution in [2.45, 2.75) is 20.0 Å². The van der Waals surface area contributed by atoms with Gasteiger partial charge in [0.1, 0.15) is 0 Å². The van der Waals surface area contributed by atoms with Gasteiger partial charge in [0.2, 0.25) is 0 Å². The topological polar surface area (TPSA) is 56.9 Å². The first kappa shape index (κ1) is 15.3. The van der Waals surface area contributed by atoms with Gasteiger partial charge >= 0.3 is 0 Å². The van der Waals surface area contributed by atoms with Crippen molar-refractivity contribution in [1.82, 2.24) is 19.6 Å². The minimum Gasteiger partial charge on any atom is -0.383 e. The first-order valence-electron chi connectivity index (χ1n) is 7.62. The van der Waals surface area contributed by atoms with Crippen molar-refractivity contribution in [1.29, 1.82) is 0 Å². The summed E-state index contributed by atoms with van der Waals surface area (Å²) < 4.78 is 8.83. The molecule has 0 aliphatic rings. The quantitative estimate of drug-likeness (QED) is 0.729. The third-order valence-corrected chi connectivity index (χ3v) is 3.66. The Bertz CT molecular complexity index is 747. The molecule has 0 saturated carbocycles. The van der Waals surface area contributed by atoms with Crippen LogP contribution in [-0.4, -0.2) is 33.3 Å². The highest BCUT2D eigenvalue weighted by Gasteiger charge is 2.07. The van der Waals surface area contributed by atoms with Crippen molar-refractivity contribution >= 4 is 5.69 Å². The van der Waals surface area contributed by atoms with E-state index in [0.717, 1.165) is 23.6 Å². The maximum Gasteiger partial charge on any atom is 0.0729 e. The van der Waals surface area contributed by atoms with Crippen LogP contribution in [0.2, 0.25) is 0 Å². The lowest BCUT2D eigenvalue weighted by Crippen LogP contribution is -2.04. The second-order valence-corrected chi connectivity index (χ2v) is 5.36. The molecule has 0 bridgehead atoms. The highest BCUT2D eigenvalue weighted by Crippen LogP contribution is 2.14. The number of nitrogens with zero attached hydrogens (tertiary/aromatic N) is 4. The van der Waals surface area contributed by atoms with Crippen LogP contribution in [-0.2, 0) is 17.8 Å². The molecule has 0 spiro atoms. The van der Waals surface area contributed by atoms with E-state index in [1.165, 1.54) is 5.56 Å². The van der Waals surface area contributed by atoms with Crippen molar-refractivity contribution < 1.29 is 4.74 Å². The number of aromatic nitrogens is 4. The fraction of sp³-hybridized carbons (Fsp3) is 0.294. The SMILES string of the molecule is COCCn1cc(NCc2cn(-c3ccccc3)nc2C)cn1. The third kappa shape index (κ3) is 3.78. The molecule has 6 heteroatoms. The molecule has 2 aromatic heterocycles. The zero-order valence-corrected chi connectivity index (χ0v) is 13.4. The number of methoxy groups -OCH3 is 1. The molecular weight excluding hydrogens is 290 g/mol. The normalized spacial score (nSPS) is 10.9. The molecule has 0 fully saturated rings. The molecule has 2 heterocycles. The molecule has 1 N–H and O–H groups in total. The molecule has 0 unspecified atom stereocenters. The zero-order valence-electron chi connectivity index (χ0n) is 13.4. The molecule has 23 heavy (non-hydrogen) atoms. The van der Waals surface area contributed by atoms with E-state index in [2.05, 4.69) is 21.7 Å². The Kier molecular flexibility index (Phi) is 4.73. The number of nitrogens with one attached hydrogen (secondary N) is 1. The lowest BCUT2D eigenvalue weighted by molar-refractivity contribution is 0.183.